The van der Waals surface area contributed by atoms with Crippen molar-refractivity contribution in [3.05, 3.63) is 72.8 Å². The van der Waals surface area contributed by atoms with Gasteiger partial charge in [0, 0.05) is 0 Å². The van der Waals surface area contributed by atoms with E-state index in [1.54, 1.807) is 24.3 Å². The Labute approximate surface area is 157 Å². The molecule has 0 saturated heterocycles. The first-order valence-corrected chi connectivity index (χ1v) is 10.8. The Kier molecular flexibility index (Phi) is 5.37. The maximum absolute atomic E-state index is 12.8. The monoisotopic (exact) mass is 407 g/mol. The van der Waals surface area contributed by atoms with Gasteiger partial charge in [-0.3, -0.25) is 4.68 Å². The fraction of sp³-hybridized carbons (Fsp3) is 0.125. The number of nitrogens with two attached hydrogens (primary N) is 1. The first-order chi connectivity index (χ1) is 12.8. The predicted octanol–water partition coefficient (Wildman–Crippen LogP) is 0.645. The number of benzene rings is 2. The van der Waals surface area contributed by atoms with Gasteiger partial charge < -0.3 is 0 Å². The number of nitrogens with one attached hydrogen (secondary N) is 1. The van der Waals surface area contributed by atoms with E-state index in [4.69, 9.17) is 5.14 Å². The van der Waals surface area contributed by atoms with Gasteiger partial charge in [0.25, 0.3) is 0 Å². The molecule has 2 aromatic carbocycles. The van der Waals surface area contributed by atoms with E-state index in [-0.39, 0.29) is 16.3 Å². The zero-order valence-corrected chi connectivity index (χ0v) is 15.6. The fourth-order valence-electron chi connectivity index (χ4n) is 2.47. The Morgan fingerprint density at radius 2 is 1.59 bits per heavy atom. The normalized spacial score (nSPS) is 13.4. The van der Waals surface area contributed by atoms with Crippen LogP contribution in [0.25, 0.3) is 0 Å². The third-order valence-electron chi connectivity index (χ3n) is 3.80. The average Bonchev–Trinajstić information content (AvgIpc) is 3.14. The number of hydrogen-bond acceptors (Lipinski definition) is 6. The molecular formula is C16H17N5O4S2. The summed E-state index contributed by atoms with van der Waals surface area (Å²) in [4.78, 5) is 3.62. The number of hydrogen-bond donors (Lipinski definition) is 2. The third kappa shape index (κ3) is 4.77. The molecule has 1 unspecified atom stereocenters. The van der Waals surface area contributed by atoms with Crippen LogP contribution in [0.2, 0.25) is 0 Å². The van der Waals surface area contributed by atoms with Crippen molar-refractivity contribution >= 4 is 20.0 Å². The summed E-state index contributed by atoms with van der Waals surface area (Å²) in [6, 6.07) is 13.1. The Morgan fingerprint density at radius 3 is 2.15 bits per heavy atom. The van der Waals surface area contributed by atoms with Crippen molar-refractivity contribution in [3.63, 3.8) is 0 Å². The quantitative estimate of drug-likeness (QED) is 0.590. The van der Waals surface area contributed by atoms with Gasteiger partial charge in [0.15, 0.2) is 0 Å². The lowest BCUT2D eigenvalue weighted by atomic mass is 10.1. The molecule has 142 valence electrons. The number of aromatic nitrogens is 3. The van der Waals surface area contributed by atoms with E-state index in [1.807, 2.05) is 6.07 Å². The average molecular weight is 407 g/mol. The smallest absolute Gasteiger partial charge is 0.241 e. The molecule has 0 bridgehead atoms. The second-order valence-corrected chi connectivity index (χ2v) is 8.99. The topological polar surface area (TPSA) is 137 Å². The van der Waals surface area contributed by atoms with Gasteiger partial charge >= 0.3 is 0 Å². The standard InChI is InChI=1S/C16H17N5O4S2/c17-26(22,23)14-6-8-15(9-7-14)27(24,25)20-16(10-21-12-18-11-19-21)13-4-2-1-3-5-13/h1-9,11-12,16,20H,10H2,(H2,17,22,23). The minimum Gasteiger partial charge on any atom is -0.251 e. The van der Waals surface area contributed by atoms with Gasteiger partial charge in [0.05, 0.1) is 22.4 Å². The van der Waals surface area contributed by atoms with Crippen molar-refractivity contribution in [1.82, 2.24) is 19.5 Å². The lowest BCUT2D eigenvalue weighted by Gasteiger charge is -2.19. The van der Waals surface area contributed by atoms with Crippen LogP contribution >= 0.6 is 0 Å². The van der Waals surface area contributed by atoms with Crippen molar-refractivity contribution in [1.29, 1.82) is 0 Å². The first kappa shape index (κ1) is 19.2. The number of nitrogens with zero attached hydrogens (tertiary/aromatic N) is 3. The molecular weight excluding hydrogens is 390 g/mol. The lowest BCUT2D eigenvalue weighted by Crippen LogP contribution is -2.31. The Balaban J connectivity index is 1.89. The van der Waals surface area contributed by atoms with E-state index in [2.05, 4.69) is 14.8 Å². The molecule has 3 aromatic rings. The SMILES string of the molecule is NS(=O)(=O)c1ccc(S(=O)(=O)NC(Cn2cncn2)c2ccccc2)cc1. The van der Waals surface area contributed by atoms with Crippen LogP contribution in [0, 0.1) is 0 Å². The molecule has 11 heteroatoms. The van der Waals surface area contributed by atoms with E-state index in [9.17, 15) is 16.8 Å². The number of primary sulfonamides is 1. The minimum atomic E-state index is -3.92. The van der Waals surface area contributed by atoms with Crippen LogP contribution in [0.4, 0.5) is 0 Å². The Bertz CT molecular complexity index is 1100. The molecule has 0 spiro atoms. The van der Waals surface area contributed by atoms with Gasteiger partial charge in [-0.2, -0.15) is 5.10 Å². The summed E-state index contributed by atoms with van der Waals surface area (Å²) in [7, 11) is -7.82. The van der Waals surface area contributed by atoms with Crippen LogP contribution in [0.15, 0.2) is 77.0 Å². The van der Waals surface area contributed by atoms with Crippen LogP contribution in [0.3, 0.4) is 0 Å². The van der Waals surface area contributed by atoms with Crippen LogP contribution in [-0.4, -0.2) is 31.6 Å². The molecule has 0 radical (unpaired) electrons. The summed E-state index contributed by atoms with van der Waals surface area (Å²) in [6.45, 7) is 0.235. The first-order valence-electron chi connectivity index (χ1n) is 7.78. The second kappa shape index (κ2) is 7.56. The van der Waals surface area contributed by atoms with Gasteiger partial charge in [-0.15, -0.1) is 0 Å². The molecule has 3 N–H and O–H groups in total. The maximum Gasteiger partial charge on any atom is 0.241 e. The van der Waals surface area contributed by atoms with E-state index in [1.165, 1.54) is 29.5 Å². The van der Waals surface area contributed by atoms with Crippen molar-refractivity contribution < 1.29 is 16.8 Å². The molecule has 1 aromatic heterocycles. The van der Waals surface area contributed by atoms with E-state index in [0.29, 0.717) is 0 Å². The number of sulfonamides is 2. The molecule has 0 fully saturated rings. The summed E-state index contributed by atoms with van der Waals surface area (Å²) in [5.74, 6) is 0. The fourth-order valence-corrected chi connectivity index (χ4v) is 4.21. The Morgan fingerprint density at radius 1 is 0.963 bits per heavy atom. The molecule has 0 aliphatic heterocycles. The molecule has 9 nitrogen and oxygen atoms in total. The zero-order valence-electron chi connectivity index (χ0n) is 14.0. The van der Waals surface area contributed by atoms with E-state index in [0.717, 1.165) is 17.7 Å². The highest BCUT2D eigenvalue weighted by Gasteiger charge is 2.22. The molecule has 27 heavy (non-hydrogen) atoms. The molecule has 3 rings (SSSR count). The van der Waals surface area contributed by atoms with Crippen LogP contribution in [-0.2, 0) is 26.6 Å². The molecule has 1 heterocycles. The molecule has 0 aliphatic carbocycles. The Hall–Kier alpha value is -2.60. The van der Waals surface area contributed by atoms with Gasteiger partial charge in [-0.1, -0.05) is 30.3 Å². The summed E-state index contributed by atoms with van der Waals surface area (Å²) in [6.07, 6.45) is 2.85. The van der Waals surface area contributed by atoms with Crippen LogP contribution < -0.4 is 9.86 Å². The van der Waals surface area contributed by atoms with Crippen molar-refractivity contribution in [2.75, 3.05) is 0 Å². The summed E-state index contributed by atoms with van der Waals surface area (Å²) < 4.78 is 52.3. The maximum atomic E-state index is 12.8. The molecule has 0 aliphatic rings. The highest BCUT2D eigenvalue weighted by atomic mass is 32.2. The highest BCUT2D eigenvalue weighted by Crippen LogP contribution is 2.20. The van der Waals surface area contributed by atoms with Crippen molar-refractivity contribution in [2.45, 2.75) is 22.4 Å². The molecule has 1 atom stereocenters. The third-order valence-corrected chi connectivity index (χ3v) is 6.21. The molecule has 0 amide bonds. The van der Waals surface area contributed by atoms with Crippen LogP contribution in [0.5, 0.6) is 0 Å². The predicted molar refractivity (Wildman–Crippen MR) is 97.3 cm³/mol. The van der Waals surface area contributed by atoms with Gasteiger partial charge in [-0.25, -0.2) is 31.7 Å². The second-order valence-electron chi connectivity index (χ2n) is 5.72. The summed E-state index contributed by atoms with van der Waals surface area (Å²) in [5.41, 5.74) is 0.748. The van der Waals surface area contributed by atoms with Crippen molar-refractivity contribution in [2.24, 2.45) is 5.14 Å². The highest BCUT2D eigenvalue weighted by molar-refractivity contribution is 7.89. The molecule has 0 saturated carbocycles. The van der Waals surface area contributed by atoms with Gasteiger partial charge in [0.2, 0.25) is 20.0 Å². The zero-order chi connectivity index (χ0) is 19.5. The van der Waals surface area contributed by atoms with E-state index < -0.39 is 26.1 Å². The van der Waals surface area contributed by atoms with Gasteiger partial charge in [-0.05, 0) is 29.8 Å². The van der Waals surface area contributed by atoms with Gasteiger partial charge in [0.1, 0.15) is 12.7 Å². The largest absolute Gasteiger partial charge is 0.251 e. The van der Waals surface area contributed by atoms with Crippen molar-refractivity contribution in [3.8, 4) is 0 Å². The number of rotatable bonds is 7. The summed E-state index contributed by atoms with van der Waals surface area (Å²) >= 11 is 0. The van der Waals surface area contributed by atoms with E-state index >= 15 is 0 Å². The summed E-state index contributed by atoms with van der Waals surface area (Å²) in [5, 5.41) is 9.05. The van der Waals surface area contributed by atoms with Crippen LogP contribution in [0.1, 0.15) is 11.6 Å². The lowest BCUT2D eigenvalue weighted by molar-refractivity contribution is 0.482. The minimum absolute atomic E-state index is 0.0746.